The predicted molar refractivity (Wildman–Crippen MR) is 492 cm³/mol. The van der Waals surface area contributed by atoms with Gasteiger partial charge in [0, 0.05) is 118 Å². The van der Waals surface area contributed by atoms with E-state index in [4.69, 9.17) is 181 Å². The molecule has 38 heteroatoms. The first-order valence-corrected chi connectivity index (χ1v) is 45.2. The van der Waals surface area contributed by atoms with E-state index in [2.05, 4.69) is 0 Å². The molecular formula is C96H146N2O36. The van der Waals surface area contributed by atoms with E-state index in [0.29, 0.717) is 367 Å². The Labute approximate surface area is 789 Å². The minimum atomic E-state index is 0.0277. The van der Waals surface area contributed by atoms with Crippen LogP contribution in [-0.2, 0) is 140 Å². The van der Waals surface area contributed by atoms with Gasteiger partial charge in [-0.15, -0.1) is 0 Å². The summed E-state index contributed by atoms with van der Waals surface area (Å²) in [5.74, 6) is 5.60. The monoisotopic (exact) mass is 1900 g/mol. The highest BCUT2D eigenvalue weighted by molar-refractivity contribution is 5.53. The first-order chi connectivity index (χ1) is 66.2. The molecule has 6 aromatic rings. The van der Waals surface area contributed by atoms with Gasteiger partial charge in [-0.1, -0.05) is 0 Å². The smallest absolute Gasteiger partial charge is 0.125 e. The molecule has 0 aliphatic heterocycles. The van der Waals surface area contributed by atoms with Gasteiger partial charge in [0.25, 0.3) is 0 Å². The van der Waals surface area contributed by atoms with Crippen molar-refractivity contribution in [1.29, 1.82) is 0 Å². The molecule has 6 rings (SSSR count). The second-order valence-corrected chi connectivity index (χ2v) is 28.5. The van der Waals surface area contributed by atoms with Crippen LogP contribution in [0.4, 0.5) is 11.4 Å². The summed E-state index contributed by atoms with van der Waals surface area (Å²) < 4.78 is 209. The standard InChI is InChI=1S/C96H146N2O36/c1-99-9-17-107-25-33-115-41-49-123-85-57-79(58-86(69-85)124-50-42-116-34-26-108-18-10-100-2)75-131-93-65-83(66-94(73-93)132-76-80-59-87(125-51-43-117-35-27-109-19-11-101-3)70-88(60-80)126-52-44-118-36-28-110-20-12-102-4)97-98-84-67-95(133-77-81-61-89(127-53-45-119-37-29-111-21-13-103-5)71-90(62-81)128-54-46-120-38-30-112-22-14-104-6)74-96(68-84)134-78-82-63-91(129-55-47-121-39-31-113-23-15-105-7)72-92(64-82)130-56-48-122-40-32-114-24-16-106-8/h57-74H,9-56,75-78H2,1-8H3. The third kappa shape index (κ3) is 59.5. The van der Waals surface area contributed by atoms with Crippen molar-refractivity contribution in [2.75, 3.05) is 374 Å². The van der Waals surface area contributed by atoms with Crippen LogP contribution in [0.5, 0.6) is 69.0 Å². The quantitative estimate of drug-likeness (QED) is 0.0253. The van der Waals surface area contributed by atoms with E-state index in [1.54, 1.807) is 118 Å². The summed E-state index contributed by atoms with van der Waals surface area (Å²) in [4.78, 5) is 0. The molecule has 0 heterocycles. The predicted octanol–water partition coefficient (Wildman–Crippen LogP) is 10.9. The van der Waals surface area contributed by atoms with Crippen molar-refractivity contribution in [2.24, 2.45) is 10.2 Å². The highest BCUT2D eigenvalue weighted by Gasteiger charge is 2.16. The topological polar surface area (TPSA) is 357 Å². The zero-order valence-electron chi connectivity index (χ0n) is 79.8. The minimum absolute atomic E-state index is 0.0277. The maximum atomic E-state index is 6.73. The van der Waals surface area contributed by atoms with Gasteiger partial charge in [-0.2, -0.15) is 10.2 Å². The van der Waals surface area contributed by atoms with Gasteiger partial charge in [0.15, 0.2) is 0 Å². The van der Waals surface area contributed by atoms with Gasteiger partial charge in [-0.3, -0.25) is 0 Å². The first kappa shape index (κ1) is 114. The number of hydrogen-bond acceptors (Lipinski definition) is 38. The molecule has 0 unspecified atom stereocenters. The Kier molecular flexibility index (Phi) is 68.8. The second-order valence-electron chi connectivity index (χ2n) is 28.5. The largest absolute Gasteiger partial charge is 0.491 e. The lowest BCUT2D eigenvalue weighted by molar-refractivity contribution is 0.0174. The van der Waals surface area contributed by atoms with Gasteiger partial charge in [-0.25, -0.2) is 0 Å². The Morgan fingerprint density at radius 2 is 0.239 bits per heavy atom. The van der Waals surface area contributed by atoms with Crippen LogP contribution in [0.3, 0.4) is 0 Å². The molecule has 0 bridgehead atoms. The number of methoxy groups -OCH3 is 8. The third-order valence-electron chi connectivity index (χ3n) is 17.8. The zero-order chi connectivity index (χ0) is 94.8. The summed E-state index contributed by atoms with van der Waals surface area (Å²) in [6.07, 6.45) is 0. The van der Waals surface area contributed by atoms with E-state index in [-0.39, 0.29) is 79.3 Å². The molecule has 0 radical (unpaired) electrons. The van der Waals surface area contributed by atoms with Crippen molar-refractivity contribution in [3.8, 4) is 69.0 Å². The molecule has 0 fully saturated rings. The van der Waals surface area contributed by atoms with Crippen LogP contribution in [0.15, 0.2) is 119 Å². The number of ether oxygens (including phenoxy) is 36. The van der Waals surface area contributed by atoms with Crippen LogP contribution in [0, 0.1) is 0 Å². The number of azo groups is 1. The Morgan fingerprint density at radius 3 is 0.366 bits per heavy atom. The van der Waals surface area contributed by atoms with Crippen LogP contribution in [-0.4, -0.2) is 374 Å². The molecule has 0 aromatic heterocycles. The molecule has 0 atom stereocenters. The highest BCUT2D eigenvalue weighted by atomic mass is 16.6. The van der Waals surface area contributed by atoms with E-state index in [1.165, 1.54) is 0 Å². The molecule has 6 aromatic carbocycles. The normalized spacial score (nSPS) is 11.4. The highest BCUT2D eigenvalue weighted by Crippen LogP contribution is 2.36. The number of hydrogen-bond donors (Lipinski definition) is 0. The van der Waals surface area contributed by atoms with Crippen molar-refractivity contribution >= 4 is 11.4 Å². The molecule has 0 amide bonds. The third-order valence-corrected chi connectivity index (χ3v) is 17.8. The average Bonchev–Trinajstić information content (AvgIpc) is 0.839. The van der Waals surface area contributed by atoms with Crippen molar-refractivity contribution in [3.63, 3.8) is 0 Å². The van der Waals surface area contributed by atoms with E-state index in [0.717, 1.165) is 0 Å². The number of benzene rings is 6. The zero-order valence-corrected chi connectivity index (χ0v) is 79.8. The lowest BCUT2D eigenvalue weighted by Crippen LogP contribution is -2.13. The molecular weight excluding hydrogens is 1760 g/mol. The maximum Gasteiger partial charge on any atom is 0.125 e. The van der Waals surface area contributed by atoms with Gasteiger partial charge in [0.1, 0.15) is 148 Å². The fourth-order valence-electron chi connectivity index (χ4n) is 11.3. The fourth-order valence-corrected chi connectivity index (χ4v) is 11.3. The lowest BCUT2D eigenvalue weighted by atomic mass is 10.2. The van der Waals surface area contributed by atoms with Crippen LogP contribution in [0.25, 0.3) is 0 Å². The summed E-state index contributed by atoms with van der Waals surface area (Å²) in [5.41, 5.74) is 3.50. The summed E-state index contributed by atoms with van der Waals surface area (Å²) in [7, 11) is 13.0. The van der Waals surface area contributed by atoms with Crippen LogP contribution >= 0.6 is 0 Å². The van der Waals surface area contributed by atoms with Gasteiger partial charge in [-0.05, 0) is 70.8 Å². The van der Waals surface area contributed by atoms with Crippen LogP contribution in [0.2, 0.25) is 0 Å². The molecule has 0 aliphatic carbocycles. The van der Waals surface area contributed by atoms with Gasteiger partial charge >= 0.3 is 0 Å². The first-order valence-electron chi connectivity index (χ1n) is 45.2. The minimum Gasteiger partial charge on any atom is -0.491 e. The number of nitrogens with zero attached hydrogens (tertiary/aromatic N) is 2. The van der Waals surface area contributed by atoms with Gasteiger partial charge in [0.05, 0.1) is 276 Å². The van der Waals surface area contributed by atoms with Crippen molar-refractivity contribution in [1.82, 2.24) is 0 Å². The molecule has 134 heavy (non-hydrogen) atoms. The Hall–Kier alpha value is -8.44. The lowest BCUT2D eigenvalue weighted by Gasteiger charge is -2.15. The summed E-state index contributed by atoms with van der Waals surface area (Å²) in [5, 5.41) is 9.79. The fraction of sp³-hybridized carbons (Fsp3) is 0.625. The second kappa shape index (κ2) is 80.6. The molecule has 756 valence electrons. The van der Waals surface area contributed by atoms with E-state index < -0.39 is 0 Å². The molecule has 0 N–H and O–H groups in total. The maximum absolute atomic E-state index is 6.73. The number of rotatable bonds is 94. The van der Waals surface area contributed by atoms with Crippen molar-refractivity contribution in [2.45, 2.75) is 26.4 Å². The summed E-state index contributed by atoms with van der Waals surface area (Å²) >= 11 is 0. The van der Waals surface area contributed by atoms with Gasteiger partial charge in [0.2, 0.25) is 0 Å². The molecule has 0 saturated heterocycles. The van der Waals surface area contributed by atoms with Crippen molar-refractivity contribution < 1.29 is 171 Å². The van der Waals surface area contributed by atoms with Crippen LogP contribution < -0.4 is 56.8 Å². The van der Waals surface area contributed by atoms with Gasteiger partial charge < -0.3 is 171 Å². The Balaban J connectivity index is 1.39. The average molecular weight is 1900 g/mol. The van der Waals surface area contributed by atoms with E-state index in [9.17, 15) is 0 Å². The van der Waals surface area contributed by atoms with Crippen molar-refractivity contribution in [3.05, 3.63) is 131 Å². The summed E-state index contributed by atoms with van der Waals surface area (Å²) in [6, 6.07) is 32.7. The molecule has 0 saturated carbocycles. The summed E-state index contributed by atoms with van der Waals surface area (Å²) in [6.45, 7) is 18.2. The SMILES string of the molecule is COCCOCCOCCOc1cc(COc2cc(N=Nc3cc(OCc4cc(OCCOCCOCCOC)cc(OCCOCCOCCOC)c4)cc(OCc4cc(OCCOCCOCCOC)cc(OCCOCCOCCOC)c4)c3)cc(OCc3cc(OCCOCCOCCOC)cc(OCCOCCOCCOC)c3)c2)cc(OCCOCCOCCOC)c1. The molecule has 38 nitrogen and oxygen atoms in total. The van der Waals surface area contributed by atoms with E-state index >= 15 is 0 Å². The molecule has 0 aliphatic rings. The van der Waals surface area contributed by atoms with E-state index in [1.807, 2.05) is 48.5 Å². The van der Waals surface area contributed by atoms with Crippen LogP contribution in [0.1, 0.15) is 22.3 Å². The molecule has 0 spiro atoms. The Bertz CT molecular complexity index is 3210. The Morgan fingerprint density at radius 1 is 0.127 bits per heavy atom.